The molecule has 0 aliphatic rings. The van der Waals surface area contributed by atoms with Crippen molar-refractivity contribution in [2.45, 2.75) is 13.0 Å². The van der Waals surface area contributed by atoms with Crippen molar-refractivity contribution in [1.82, 2.24) is 9.55 Å². The van der Waals surface area contributed by atoms with E-state index < -0.39 is 16.2 Å². The van der Waals surface area contributed by atoms with Gasteiger partial charge in [-0.25, -0.2) is 8.42 Å². The first-order chi connectivity index (χ1) is 25.9. The molecule has 0 aliphatic heterocycles. The van der Waals surface area contributed by atoms with E-state index in [4.69, 9.17) is 4.18 Å². The van der Waals surface area contributed by atoms with Gasteiger partial charge in [0.15, 0.2) is 5.75 Å². The molecule has 2 aromatic heterocycles. The zero-order valence-corrected chi connectivity index (χ0v) is 31.8. The van der Waals surface area contributed by atoms with Gasteiger partial charge in [0.2, 0.25) is 5.78 Å². The molecule has 0 radical (unpaired) electrons. The number of nitrogens with zero attached hydrogens (tertiary/aromatic N) is 1. The molecule has 6 aromatic carbocycles. The third-order valence-corrected chi connectivity index (χ3v) is 9.81. The second-order valence-electron chi connectivity index (χ2n) is 12.8. The summed E-state index contributed by atoms with van der Waals surface area (Å²) < 4.78 is 42.0. The molecule has 270 valence electrons. The molecular weight excluding hydrogens is 736 g/mol. The van der Waals surface area contributed by atoms with Crippen LogP contribution in [0.3, 0.4) is 0 Å². The SMILES string of the molecule is O=C(c1ccc(O)cc1)c1c(-c2ccc(O)cc2)c2c3c([nH]c4c(OS(=O)(=O)[O-])cccc43)c(O)c(-c3ccc(O)cc3)c2n1CCc1ccc(O)cc1.[Na+]. The topological polar surface area (TPSA) is 205 Å². The number of ketones is 1. The van der Waals surface area contributed by atoms with Gasteiger partial charge in [0.05, 0.1) is 27.8 Å². The number of phenolic OH excluding ortho intramolecular Hbond substituents is 5. The zero-order valence-electron chi connectivity index (χ0n) is 29.0. The Morgan fingerprint density at radius 3 is 1.76 bits per heavy atom. The van der Waals surface area contributed by atoms with E-state index in [1.807, 2.05) is 0 Å². The fourth-order valence-corrected chi connectivity index (χ4v) is 7.45. The van der Waals surface area contributed by atoms with Gasteiger partial charge in [0.1, 0.15) is 28.7 Å². The number of para-hydroxylation sites is 1. The number of hydrogen-bond donors (Lipinski definition) is 6. The second-order valence-corrected chi connectivity index (χ2v) is 13.7. The number of nitrogens with one attached hydrogen (secondary N) is 1. The van der Waals surface area contributed by atoms with Crippen molar-refractivity contribution in [1.29, 1.82) is 0 Å². The number of carbonyl (C=O) groups is 1. The Balaban J connectivity index is 0.00000465. The number of rotatable bonds is 9. The number of aryl methyl sites for hydroxylation is 2. The summed E-state index contributed by atoms with van der Waals surface area (Å²) in [5.74, 6) is -1.05. The summed E-state index contributed by atoms with van der Waals surface area (Å²) in [4.78, 5) is 18.1. The molecule has 6 N–H and O–H groups in total. The van der Waals surface area contributed by atoms with Crippen molar-refractivity contribution in [3.63, 3.8) is 0 Å². The molecule has 0 fully saturated rings. The van der Waals surface area contributed by atoms with Crippen LogP contribution in [0.25, 0.3) is 55.0 Å². The van der Waals surface area contributed by atoms with Gasteiger partial charge in [-0.05, 0) is 89.8 Å². The molecule has 0 saturated heterocycles. The minimum Gasteiger partial charge on any atom is -0.716 e. The monoisotopic (exact) mass is 764 g/mol. The number of hydrogen-bond acceptors (Lipinski definition) is 10. The zero-order chi connectivity index (χ0) is 37.9. The number of aromatic hydroxyl groups is 5. The number of H-pyrrole nitrogens is 1. The van der Waals surface area contributed by atoms with Gasteiger partial charge < -0.3 is 43.8 Å². The molecular formula is C41H29N2NaO10S. The molecule has 12 nitrogen and oxygen atoms in total. The molecule has 0 saturated carbocycles. The van der Waals surface area contributed by atoms with Gasteiger partial charge in [-0.1, -0.05) is 48.5 Å². The Morgan fingerprint density at radius 2 is 1.20 bits per heavy atom. The number of phenols is 5. The number of benzene rings is 6. The fourth-order valence-electron chi connectivity index (χ4n) is 7.09. The van der Waals surface area contributed by atoms with E-state index in [1.165, 1.54) is 60.7 Å². The van der Waals surface area contributed by atoms with Gasteiger partial charge in [-0.2, -0.15) is 0 Å². The summed E-state index contributed by atoms with van der Waals surface area (Å²) in [6.07, 6.45) is 0.357. The maximum absolute atomic E-state index is 15.0. The van der Waals surface area contributed by atoms with E-state index in [-0.39, 0.29) is 98.5 Å². The molecule has 0 unspecified atom stereocenters. The molecule has 0 aliphatic carbocycles. The summed E-state index contributed by atoms with van der Waals surface area (Å²) in [7, 11) is -5.22. The van der Waals surface area contributed by atoms with Crippen LogP contribution in [-0.4, -0.2) is 53.8 Å². The standard InChI is InChI=1S/C41H30N2O10S.Na/c44-26-12-4-22(5-13-26)20-21-43-38-33(24-8-16-28(46)17-9-24)41(49)37-34(30-2-1-3-31(36(30)42-37)53-54(50,51)52)35(38)32(23-6-14-27(45)15-7-23)39(43)40(48)25-10-18-29(47)19-11-25;/h1-19,42,44-47,49H,20-21H2,(H,50,51,52);/q;+1/p-1. The van der Waals surface area contributed by atoms with Crippen LogP contribution >= 0.6 is 0 Å². The van der Waals surface area contributed by atoms with Gasteiger partial charge in [0.25, 0.3) is 10.4 Å². The number of carbonyl (C=O) groups excluding carboxylic acids is 1. The summed E-state index contributed by atoms with van der Waals surface area (Å²) in [5, 5.41) is 54.1. The van der Waals surface area contributed by atoms with Crippen LogP contribution in [0, 0.1) is 0 Å². The van der Waals surface area contributed by atoms with Crippen molar-refractivity contribution in [2.75, 3.05) is 0 Å². The van der Waals surface area contributed by atoms with Gasteiger partial charge in [-0.3, -0.25) is 4.79 Å². The average molecular weight is 765 g/mol. The van der Waals surface area contributed by atoms with E-state index in [2.05, 4.69) is 4.98 Å². The first-order valence-corrected chi connectivity index (χ1v) is 17.9. The third kappa shape index (κ3) is 6.84. The van der Waals surface area contributed by atoms with E-state index in [0.717, 1.165) is 5.56 Å². The van der Waals surface area contributed by atoms with Gasteiger partial charge in [0, 0.05) is 33.8 Å². The van der Waals surface area contributed by atoms with E-state index >= 15 is 0 Å². The summed E-state index contributed by atoms with van der Waals surface area (Å²) >= 11 is 0. The van der Waals surface area contributed by atoms with Crippen molar-refractivity contribution in [2.24, 2.45) is 0 Å². The Labute approximate surface area is 335 Å². The smallest absolute Gasteiger partial charge is 0.716 e. The fraction of sp³-hybridized carbons (Fsp3) is 0.0488. The van der Waals surface area contributed by atoms with Crippen molar-refractivity contribution < 1.29 is 77.0 Å². The quantitative estimate of drug-likeness (QED) is 0.0527. The largest absolute Gasteiger partial charge is 1.00 e. The Bertz CT molecular complexity index is 2870. The molecule has 2 heterocycles. The van der Waals surface area contributed by atoms with Crippen LogP contribution in [0.15, 0.2) is 115 Å². The maximum Gasteiger partial charge on any atom is 1.00 e. The van der Waals surface area contributed by atoms with E-state index in [0.29, 0.717) is 44.8 Å². The normalized spacial score (nSPS) is 11.6. The van der Waals surface area contributed by atoms with Crippen LogP contribution < -0.4 is 33.7 Å². The molecule has 0 atom stereocenters. The van der Waals surface area contributed by atoms with Gasteiger partial charge >= 0.3 is 29.6 Å². The predicted octanol–water partition coefficient (Wildman–Crippen LogP) is 4.45. The number of aromatic nitrogens is 2. The number of aromatic amines is 1. The molecule has 14 heteroatoms. The maximum atomic E-state index is 15.0. The molecule has 0 bridgehead atoms. The third-order valence-electron chi connectivity index (χ3n) is 9.43. The van der Waals surface area contributed by atoms with Crippen LogP contribution in [-0.2, 0) is 23.4 Å². The Morgan fingerprint density at radius 1 is 0.673 bits per heavy atom. The van der Waals surface area contributed by atoms with Crippen molar-refractivity contribution in [3.8, 4) is 56.8 Å². The molecule has 0 amide bonds. The molecule has 8 aromatic rings. The number of fused-ring (bicyclic) bond motifs is 5. The van der Waals surface area contributed by atoms with Crippen LogP contribution in [0.2, 0.25) is 0 Å². The van der Waals surface area contributed by atoms with Gasteiger partial charge in [-0.15, -0.1) is 0 Å². The minimum absolute atomic E-state index is 0. The predicted molar refractivity (Wildman–Crippen MR) is 201 cm³/mol. The van der Waals surface area contributed by atoms with Crippen molar-refractivity contribution >= 4 is 48.9 Å². The summed E-state index contributed by atoms with van der Waals surface area (Å²) in [5.41, 5.74) is 3.52. The minimum atomic E-state index is -5.22. The molecule has 55 heavy (non-hydrogen) atoms. The Kier molecular flexibility index (Phi) is 9.75. The van der Waals surface area contributed by atoms with Crippen molar-refractivity contribution in [3.05, 3.63) is 132 Å². The molecule has 8 rings (SSSR count). The van der Waals surface area contributed by atoms with Crippen LogP contribution in [0.1, 0.15) is 21.6 Å². The first-order valence-electron chi connectivity index (χ1n) is 16.6. The second kappa shape index (κ2) is 14.4. The van der Waals surface area contributed by atoms with E-state index in [1.54, 1.807) is 59.2 Å². The summed E-state index contributed by atoms with van der Waals surface area (Å²) in [6, 6.07) is 29.2. The Hall–Kier alpha value is -5.96. The van der Waals surface area contributed by atoms with Crippen LogP contribution in [0.4, 0.5) is 0 Å². The van der Waals surface area contributed by atoms with Crippen LogP contribution in [0.5, 0.6) is 34.5 Å². The summed E-state index contributed by atoms with van der Waals surface area (Å²) in [6.45, 7) is 0.166. The molecule has 0 spiro atoms. The van der Waals surface area contributed by atoms with E-state index in [9.17, 15) is 43.3 Å². The first kappa shape index (κ1) is 37.4. The average Bonchev–Trinajstić information content (AvgIpc) is 3.69.